The Hall–Kier alpha value is -1.58. The minimum atomic E-state index is -0.445. The van der Waals surface area contributed by atoms with Gasteiger partial charge in [-0.15, -0.1) is 0 Å². The Balaban J connectivity index is 1.93. The molecule has 0 atom stereocenters. The van der Waals surface area contributed by atoms with Gasteiger partial charge in [0.1, 0.15) is 5.78 Å². The van der Waals surface area contributed by atoms with Crippen molar-refractivity contribution in [3.63, 3.8) is 0 Å². The average molecular weight is 286 g/mol. The lowest BCUT2D eigenvalue weighted by molar-refractivity contribution is -0.121. The van der Waals surface area contributed by atoms with Crippen LogP contribution in [0.5, 0.6) is 0 Å². The first kappa shape index (κ1) is 15.8. The molecule has 1 saturated carbocycles. The standard InChI is InChI=1S/C17H23BO3/c1-14-7-9-16(10-8-14)18(21-13-19)12-17(20)11-15-5-3-2-4-6-15/h7-10,13,15H,2-6,11-12H2,1H3. The van der Waals surface area contributed by atoms with E-state index in [1.54, 1.807) is 0 Å². The summed E-state index contributed by atoms with van der Waals surface area (Å²) < 4.78 is 5.13. The van der Waals surface area contributed by atoms with E-state index in [4.69, 9.17) is 4.65 Å². The lowest BCUT2D eigenvalue weighted by Gasteiger charge is -2.21. The highest BCUT2D eigenvalue weighted by Gasteiger charge is 2.26. The zero-order valence-electron chi connectivity index (χ0n) is 12.7. The van der Waals surface area contributed by atoms with E-state index in [1.807, 2.05) is 31.2 Å². The third-order valence-electron chi connectivity index (χ3n) is 4.32. The van der Waals surface area contributed by atoms with E-state index in [1.165, 1.54) is 19.3 Å². The van der Waals surface area contributed by atoms with Crippen LogP contribution in [0.3, 0.4) is 0 Å². The molecule has 0 amide bonds. The van der Waals surface area contributed by atoms with Crippen LogP contribution in [0, 0.1) is 12.8 Å². The monoisotopic (exact) mass is 286 g/mol. The summed E-state index contributed by atoms with van der Waals surface area (Å²) in [5.41, 5.74) is 2.04. The first-order valence-corrected chi connectivity index (χ1v) is 7.86. The zero-order valence-corrected chi connectivity index (χ0v) is 12.7. The predicted octanol–water partition coefficient (Wildman–Crippen LogP) is 2.91. The molecule has 1 aromatic rings. The number of rotatable bonds is 7. The van der Waals surface area contributed by atoms with E-state index in [9.17, 15) is 9.59 Å². The van der Waals surface area contributed by atoms with Crippen molar-refractivity contribution in [2.75, 3.05) is 0 Å². The quantitative estimate of drug-likeness (QED) is 0.572. The number of ketones is 1. The molecule has 0 spiro atoms. The van der Waals surface area contributed by atoms with Gasteiger partial charge in [-0.1, -0.05) is 61.9 Å². The van der Waals surface area contributed by atoms with Crippen LogP contribution in [0.2, 0.25) is 6.32 Å². The molecule has 21 heavy (non-hydrogen) atoms. The van der Waals surface area contributed by atoms with Crippen LogP contribution in [-0.2, 0) is 14.2 Å². The molecule has 2 rings (SSSR count). The smallest absolute Gasteiger partial charge is 0.402 e. The van der Waals surface area contributed by atoms with Gasteiger partial charge in [0.05, 0.1) is 0 Å². The summed E-state index contributed by atoms with van der Waals surface area (Å²) in [6.45, 7) is 2.01. The van der Waals surface area contributed by atoms with E-state index in [-0.39, 0.29) is 12.1 Å². The van der Waals surface area contributed by atoms with Crippen LogP contribution in [0.4, 0.5) is 0 Å². The van der Waals surface area contributed by atoms with Crippen LogP contribution in [0.25, 0.3) is 0 Å². The Morgan fingerprint density at radius 2 is 1.90 bits per heavy atom. The average Bonchev–Trinajstić information content (AvgIpc) is 2.48. The van der Waals surface area contributed by atoms with Crippen molar-refractivity contribution >= 4 is 24.6 Å². The molecular weight excluding hydrogens is 263 g/mol. The molecule has 4 heteroatoms. The summed E-state index contributed by atoms with van der Waals surface area (Å²) in [6, 6.07) is 7.80. The fourth-order valence-electron chi connectivity index (χ4n) is 3.10. The molecule has 0 bridgehead atoms. The van der Waals surface area contributed by atoms with Crippen molar-refractivity contribution < 1.29 is 14.2 Å². The van der Waals surface area contributed by atoms with Gasteiger partial charge in [0.15, 0.2) is 0 Å². The van der Waals surface area contributed by atoms with Gasteiger partial charge in [-0.2, -0.15) is 0 Å². The molecule has 0 radical (unpaired) electrons. The number of aryl methyl sites for hydroxylation is 1. The maximum absolute atomic E-state index is 12.2. The predicted molar refractivity (Wildman–Crippen MR) is 84.7 cm³/mol. The number of carbonyl (C=O) groups excluding carboxylic acids is 2. The second-order valence-electron chi connectivity index (χ2n) is 6.08. The van der Waals surface area contributed by atoms with Crippen LogP contribution < -0.4 is 5.46 Å². The number of carbonyl (C=O) groups is 2. The van der Waals surface area contributed by atoms with E-state index >= 15 is 0 Å². The summed E-state index contributed by atoms with van der Waals surface area (Å²) in [6.07, 6.45) is 7.02. The first-order valence-electron chi connectivity index (χ1n) is 7.86. The maximum Gasteiger partial charge on any atom is 0.402 e. The molecule has 0 N–H and O–H groups in total. The second-order valence-corrected chi connectivity index (χ2v) is 6.08. The van der Waals surface area contributed by atoms with Crippen molar-refractivity contribution in [1.29, 1.82) is 0 Å². The van der Waals surface area contributed by atoms with Gasteiger partial charge in [-0.3, -0.25) is 4.79 Å². The van der Waals surface area contributed by atoms with Gasteiger partial charge >= 0.3 is 6.92 Å². The number of hydrogen-bond donors (Lipinski definition) is 0. The number of Topliss-reactive ketones (excluding diaryl/α,β-unsaturated/α-hetero) is 1. The summed E-state index contributed by atoms with van der Waals surface area (Å²) in [5, 5.41) is 0. The van der Waals surface area contributed by atoms with Crippen molar-refractivity contribution in [2.45, 2.75) is 51.8 Å². The topological polar surface area (TPSA) is 43.4 Å². The minimum absolute atomic E-state index is 0.203. The van der Waals surface area contributed by atoms with Gasteiger partial charge in [-0.05, 0) is 18.3 Å². The second kappa shape index (κ2) is 8.01. The zero-order chi connectivity index (χ0) is 15.1. The molecule has 3 nitrogen and oxygen atoms in total. The highest BCUT2D eigenvalue weighted by atomic mass is 16.5. The highest BCUT2D eigenvalue weighted by Crippen LogP contribution is 2.27. The summed E-state index contributed by atoms with van der Waals surface area (Å²) in [4.78, 5) is 22.9. The molecule has 112 valence electrons. The van der Waals surface area contributed by atoms with E-state index in [2.05, 4.69) is 0 Å². The van der Waals surface area contributed by atoms with Crippen LogP contribution in [0.15, 0.2) is 24.3 Å². The Morgan fingerprint density at radius 1 is 1.24 bits per heavy atom. The number of benzene rings is 1. The van der Waals surface area contributed by atoms with Gasteiger partial charge in [0.2, 0.25) is 0 Å². The molecule has 1 aliphatic carbocycles. The third kappa shape index (κ3) is 5.03. The van der Waals surface area contributed by atoms with Crippen LogP contribution in [-0.4, -0.2) is 19.2 Å². The van der Waals surface area contributed by atoms with Gasteiger partial charge < -0.3 is 9.45 Å². The van der Waals surface area contributed by atoms with Crippen LogP contribution >= 0.6 is 0 Å². The fourth-order valence-corrected chi connectivity index (χ4v) is 3.10. The lowest BCUT2D eigenvalue weighted by Crippen LogP contribution is -2.35. The largest absolute Gasteiger partial charge is 0.533 e. The molecule has 0 unspecified atom stereocenters. The van der Waals surface area contributed by atoms with Gasteiger partial charge in [0, 0.05) is 12.7 Å². The highest BCUT2D eigenvalue weighted by molar-refractivity contribution is 6.71. The summed E-state index contributed by atoms with van der Waals surface area (Å²) >= 11 is 0. The van der Waals surface area contributed by atoms with Gasteiger partial charge in [0.25, 0.3) is 6.47 Å². The lowest BCUT2D eigenvalue weighted by atomic mass is 9.56. The molecule has 0 saturated heterocycles. The summed E-state index contributed by atoms with van der Waals surface area (Å²) in [5.74, 6) is 0.732. The minimum Gasteiger partial charge on any atom is -0.533 e. The molecule has 0 aromatic heterocycles. The van der Waals surface area contributed by atoms with E-state index in [0.717, 1.165) is 23.9 Å². The number of hydrogen-bond acceptors (Lipinski definition) is 3. The molecule has 0 heterocycles. The Bertz CT molecular complexity index is 463. The SMILES string of the molecule is Cc1ccc(B(CC(=O)CC2CCCCC2)OC=O)cc1. The molecular formula is C17H23BO3. The maximum atomic E-state index is 12.2. The Morgan fingerprint density at radius 3 is 2.52 bits per heavy atom. The Kier molecular flexibility index (Phi) is 6.03. The normalized spacial score (nSPS) is 15.5. The first-order chi connectivity index (χ1) is 10.2. The summed E-state index contributed by atoms with van der Waals surface area (Å²) in [7, 11) is 0. The van der Waals surface area contributed by atoms with Crippen molar-refractivity contribution in [2.24, 2.45) is 5.92 Å². The van der Waals surface area contributed by atoms with Crippen LogP contribution in [0.1, 0.15) is 44.1 Å². The van der Waals surface area contributed by atoms with E-state index < -0.39 is 6.92 Å². The molecule has 1 aromatic carbocycles. The van der Waals surface area contributed by atoms with Crippen molar-refractivity contribution in [1.82, 2.24) is 0 Å². The molecule has 1 fully saturated rings. The van der Waals surface area contributed by atoms with E-state index in [0.29, 0.717) is 18.8 Å². The fraction of sp³-hybridized carbons (Fsp3) is 0.529. The van der Waals surface area contributed by atoms with Crippen molar-refractivity contribution in [3.05, 3.63) is 29.8 Å². The van der Waals surface area contributed by atoms with Gasteiger partial charge in [-0.25, -0.2) is 0 Å². The third-order valence-corrected chi connectivity index (χ3v) is 4.32. The molecule has 1 aliphatic rings. The Labute approximate surface area is 127 Å². The molecule has 0 aliphatic heterocycles. The van der Waals surface area contributed by atoms with Crippen molar-refractivity contribution in [3.8, 4) is 0 Å².